The lowest BCUT2D eigenvalue weighted by Crippen LogP contribution is -2.58. The molecule has 1 aliphatic carbocycles. The van der Waals surface area contributed by atoms with Gasteiger partial charge < -0.3 is 4.74 Å². The summed E-state index contributed by atoms with van der Waals surface area (Å²) < 4.78 is 4.22. The van der Waals surface area contributed by atoms with Gasteiger partial charge >= 0.3 is 0 Å². The second kappa shape index (κ2) is 4.51. The highest BCUT2D eigenvalue weighted by molar-refractivity contribution is 6.61. The molecular formula is C13H14Cl2O2. The Labute approximate surface area is 111 Å². The normalized spacial score (nSPS) is 27.6. The summed E-state index contributed by atoms with van der Waals surface area (Å²) in [6.45, 7) is 4.39. The van der Waals surface area contributed by atoms with Crippen molar-refractivity contribution >= 4 is 29.0 Å². The summed E-state index contributed by atoms with van der Waals surface area (Å²) in [6, 6.07) is 7.58. The zero-order chi connectivity index (χ0) is 12.6. The minimum Gasteiger partial charge on any atom is -0.493 e. The van der Waals surface area contributed by atoms with Crippen LogP contribution in [0.15, 0.2) is 24.3 Å². The molecule has 0 bridgehead atoms. The summed E-state index contributed by atoms with van der Waals surface area (Å²) in [5.41, 5.74) is 0.943. The lowest BCUT2D eigenvalue weighted by molar-refractivity contribution is -0.134. The van der Waals surface area contributed by atoms with Gasteiger partial charge in [-0.1, -0.05) is 55.2 Å². The summed E-state index contributed by atoms with van der Waals surface area (Å²) in [4.78, 5) is 11.6. The molecule has 0 radical (unpaired) electrons. The van der Waals surface area contributed by atoms with Gasteiger partial charge in [-0.05, 0) is 6.07 Å². The molecule has 0 amide bonds. The molecular weight excluding hydrogens is 259 g/mol. The first-order valence-electron chi connectivity index (χ1n) is 5.76. The predicted molar refractivity (Wildman–Crippen MR) is 69.0 cm³/mol. The van der Waals surface area contributed by atoms with Gasteiger partial charge in [-0.3, -0.25) is 4.79 Å². The second-order valence-electron chi connectivity index (χ2n) is 3.92. The molecule has 2 aliphatic rings. The van der Waals surface area contributed by atoms with Crippen molar-refractivity contribution in [2.75, 3.05) is 6.61 Å². The Morgan fingerprint density at radius 2 is 1.94 bits per heavy atom. The van der Waals surface area contributed by atoms with Crippen molar-refractivity contribution in [1.29, 1.82) is 0 Å². The maximum absolute atomic E-state index is 11.6. The van der Waals surface area contributed by atoms with Crippen molar-refractivity contribution in [2.24, 2.45) is 5.92 Å². The first-order chi connectivity index (χ1) is 8.12. The molecule has 0 spiro atoms. The lowest BCUT2D eigenvalue weighted by Gasteiger charge is -2.48. The van der Waals surface area contributed by atoms with Crippen molar-refractivity contribution < 1.29 is 9.53 Å². The standard InChI is InChI=1S/C11H8Cl2O2.C2H6/c12-11(13)9-6-3-1-2-4-8(6)15-5-7(9)10(11)14;1-2/h1-4,7,9H,5H2;1-2H3. The van der Waals surface area contributed by atoms with E-state index in [1.807, 2.05) is 38.1 Å². The summed E-state index contributed by atoms with van der Waals surface area (Å²) >= 11 is 12.0. The summed E-state index contributed by atoms with van der Waals surface area (Å²) in [7, 11) is 0. The van der Waals surface area contributed by atoms with Crippen LogP contribution in [0.3, 0.4) is 0 Å². The highest BCUT2D eigenvalue weighted by atomic mass is 35.5. The molecule has 4 heteroatoms. The van der Waals surface area contributed by atoms with E-state index in [9.17, 15) is 4.79 Å². The number of halogens is 2. The number of para-hydroxylation sites is 1. The SMILES string of the molecule is CC.O=C1C2COc3ccccc3C2C1(Cl)Cl. The molecule has 92 valence electrons. The Hall–Kier alpha value is -0.730. The van der Waals surface area contributed by atoms with Gasteiger partial charge in [0.1, 0.15) is 5.75 Å². The third-order valence-corrected chi connectivity index (χ3v) is 3.97. The molecule has 0 N–H and O–H groups in total. The average molecular weight is 273 g/mol. The smallest absolute Gasteiger partial charge is 0.184 e. The van der Waals surface area contributed by atoms with Crippen molar-refractivity contribution in [3.05, 3.63) is 29.8 Å². The number of carbonyl (C=O) groups excluding carboxylic acids is 1. The Balaban J connectivity index is 0.000000514. The van der Waals surface area contributed by atoms with Gasteiger partial charge in [-0.25, -0.2) is 0 Å². The molecule has 2 unspecified atom stereocenters. The Morgan fingerprint density at radius 3 is 2.65 bits per heavy atom. The number of rotatable bonds is 0. The van der Waals surface area contributed by atoms with Crippen LogP contribution in [0.25, 0.3) is 0 Å². The number of ether oxygens (including phenoxy) is 1. The van der Waals surface area contributed by atoms with Gasteiger partial charge in [-0.15, -0.1) is 0 Å². The van der Waals surface area contributed by atoms with E-state index < -0.39 is 4.33 Å². The van der Waals surface area contributed by atoms with E-state index in [1.54, 1.807) is 0 Å². The fraction of sp³-hybridized carbons (Fsp3) is 0.462. The fourth-order valence-electron chi connectivity index (χ4n) is 2.34. The van der Waals surface area contributed by atoms with E-state index >= 15 is 0 Å². The maximum atomic E-state index is 11.6. The summed E-state index contributed by atoms with van der Waals surface area (Å²) in [5, 5.41) is 0. The van der Waals surface area contributed by atoms with Crippen LogP contribution in [0, 0.1) is 5.92 Å². The predicted octanol–water partition coefficient (Wildman–Crippen LogP) is 3.56. The van der Waals surface area contributed by atoms with Crippen LogP contribution in [0.1, 0.15) is 25.3 Å². The van der Waals surface area contributed by atoms with Gasteiger partial charge in [0.25, 0.3) is 0 Å². The van der Waals surface area contributed by atoms with E-state index in [1.165, 1.54) is 0 Å². The fourth-order valence-corrected chi connectivity index (χ4v) is 3.16. The largest absolute Gasteiger partial charge is 0.493 e. The molecule has 1 aromatic rings. The first kappa shape index (κ1) is 12.7. The van der Waals surface area contributed by atoms with Crippen LogP contribution in [0.4, 0.5) is 0 Å². The minimum atomic E-state index is -1.26. The Morgan fingerprint density at radius 1 is 1.29 bits per heavy atom. The zero-order valence-electron chi connectivity index (χ0n) is 9.74. The average Bonchev–Trinajstić information content (AvgIpc) is 2.39. The number of fused-ring (bicyclic) bond motifs is 3. The molecule has 2 atom stereocenters. The highest BCUT2D eigenvalue weighted by Gasteiger charge is 2.63. The highest BCUT2D eigenvalue weighted by Crippen LogP contribution is 2.58. The van der Waals surface area contributed by atoms with E-state index in [2.05, 4.69) is 0 Å². The van der Waals surface area contributed by atoms with E-state index in [4.69, 9.17) is 27.9 Å². The van der Waals surface area contributed by atoms with Crippen LogP contribution >= 0.6 is 23.2 Å². The third-order valence-electron chi connectivity index (χ3n) is 3.13. The molecule has 2 nitrogen and oxygen atoms in total. The molecule has 1 aliphatic heterocycles. The van der Waals surface area contributed by atoms with Crippen molar-refractivity contribution in [3.63, 3.8) is 0 Å². The van der Waals surface area contributed by atoms with Crippen LogP contribution in [0.5, 0.6) is 5.75 Å². The van der Waals surface area contributed by atoms with E-state index in [-0.39, 0.29) is 17.6 Å². The number of Topliss-reactive ketones (excluding diaryl/α,β-unsaturated/α-hetero) is 1. The molecule has 17 heavy (non-hydrogen) atoms. The van der Waals surface area contributed by atoms with Gasteiger partial charge in [0.05, 0.1) is 12.5 Å². The monoisotopic (exact) mass is 272 g/mol. The van der Waals surface area contributed by atoms with Crippen molar-refractivity contribution in [1.82, 2.24) is 0 Å². The summed E-state index contributed by atoms with van der Waals surface area (Å²) in [6.07, 6.45) is 0. The van der Waals surface area contributed by atoms with Gasteiger partial charge in [-0.2, -0.15) is 0 Å². The topological polar surface area (TPSA) is 26.3 Å². The lowest BCUT2D eigenvalue weighted by atomic mass is 9.67. The van der Waals surface area contributed by atoms with Crippen LogP contribution in [0.2, 0.25) is 0 Å². The second-order valence-corrected chi connectivity index (χ2v) is 5.31. The van der Waals surface area contributed by atoms with E-state index in [0.717, 1.165) is 11.3 Å². The summed E-state index contributed by atoms with van der Waals surface area (Å²) in [5.74, 6) is 0.385. The van der Waals surface area contributed by atoms with Gasteiger partial charge in [0.2, 0.25) is 0 Å². The first-order valence-corrected chi connectivity index (χ1v) is 6.52. The zero-order valence-corrected chi connectivity index (χ0v) is 11.3. The van der Waals surface area contributed by atoms with Gasteiger partial charge in [0.15, 0.2) is 10.1 Å². The Kier molecular flexibility index (Phi) is 3.37. The van der Waals surface area contributed by atoms with Crippen LogP contribution < -0.4 is 4.74 Å². The van der Waals surface area contributed by atoms with Crippen molar-refractivity contribution in [2.45, 2.75) is 24.1 Å². The minimum absolute atomic E-state index is 0.113. The molecule has 0 aromatic heterocycles. The number of carbonyl (C=O) groups is 1. The molecule has 1 fully saturated rings. The Bertz CT molecular complexity index is 443. The number of benzene rings is 1. The van der Waals surface area contributed by atoms with Gasteiger partial charge in [0, 0.05) is 11.5 Å². The number of hydrogen-bond donors (Lipinski definition) is 0. The molecule has 3 rings (SSSR count). The van der Waals surface area contributed by atoms with Crippen LogP contribution in [-0.2, 0) is 4.79 Å². The molecule has 1 heterocycles. The number of ketones is 1. The number of hydrogen-bond acceptors (Lipinski definition) is 2. The van der Waals surface area contributed by atoms with E-state index in [0.29, 0.717) is 6.61 Å². The number of alkyl halides is 2. The third kappa shape index (κ3) is 1.74. The maximum Gasteiger partial charge on any atom is 0.184 e. The molecule has 1 aromatic carbocycles. The molecule has 1 saturated carbocycles. The van der Waals surface area contributed by atoms with Crippen molar-refractivity contribution in [3.8, 4) is 5.75 Å². The quantitative estimate of drug-likeness (QED) is 0.675. The van der Waals surface area contributed by atoms with Crippen LogP contribution in [-0.4, -0.2) is 16.7 Å². The molecule has 0 saturated heterocycles.